The molecule has 2 aliphatic rings. The molecule has 2 fully saturated rings. The first-order valence-corrected chi connectivity index (χ1v) is 10.2. The minimum Gasteiger partial charge on any atom is -0.469 e. The van der Waals surface area contributed by atoms with Gasteiger partial charge in [0.15, 0.2) is 0 Å². The predicted octanol–water partition coefficient (Wildman–Crippen LogP) is 2.78. The van der Waals surface area contributed by atoms with Gasteiger partial charge in [-0.05, 0) is 50.3 Å². The van der Waals surface area contributed by atoms with Gasteiger partial charge in [-0.15, -0.1) is 0 Å². The summed E-state index contributed by atoms with van der Waals surface area (Å²) in [5.74, 6) is 0.406. The van der Waals surface area contributed by atoms with E-state index in [1.165, 1.54) is 23.8 Å². The largest absolute Gasteiger partial charge is 0.469 e. The van der Waals surface area contributed by atoms with E-state index < -0.39 is 0 Å². The van der Waals surface area contributed by atoms with Crippen molar-refractivity contribution in [1.29, 1.82) is 0 Å². The molecule has 1 aromatic rings. The Morgan fingerprint density at radius 3 is 2.70 bits per heavy atom. The average Bonchev–Trinajstić information content (AvgIpc) is 2.69. The summed E-state index contributed by atoms with van der Waals surface area (Å²) in [6.45, 7) is 11.2. The van der Waals surface area contributed by atoms with Crippen molar-refractivity contribution in [3.05, 3.63) is 34.9 Å². The van der Waals surface area contributed by atoms with Crippen LogP contribution in [0.5, 0.6) is 0 Å². The second kappa shape index (κ2) is 9.67. The molecule has 0 bridgehead atoms. The van der Waals surface area contributed by atoms with Crippen LogP contribution >= 0.6 is 0 Å². The first-order valence-electron chi connectivity index (χ1n) is 10.2. The number of likely N-dealkylation sites (tertiary alicyclic amines) is 1. The van der Waals surface area contributed by atoms with Crippen molar-refractivity contribution in [3.8, 4) is 0 Å². The van der Waals surface area contributed by atoms with E-state index in [0.717, 1.165) is 58.8 Å². The summed E-state index contributed by atoms with van der Waals surface area (Å²) in [4.78, 5) is 16.9. The second-order valence-electron chi connectivity index (χ2n) is 8.04. The van der Waals surface area contributed by atoms with E-state index in [2.05, 4.69) is 41.8 Å². The molecule has 2 atom stereocenters. The summed E-state index contributed by atoms with van der Waals surface area (Å²) < 4.78 is 10.4. The van der Waals surface area contributed by atoms with Gasteiger partial charge in [-0.2, -0.15) is 0 Å². The van der Waals surface area contributed by atoms with Gasteiger partial charge in [0.25, 0.3) is 0 Å². The lowest BCUT2D eigenvalue weighted by molar-refractivity contribution is -0.141. The molecule has 5 heteroatoms. The molecule has 27 heavy (non-hydrogen) atoms. The molecule has 2 heterocycles. The number of carbonyl (C=O) groups excluding carboxylic acids is 1. The van der Waals surface area contributed by atoms with E-state index in [0.29, 0.717) is 18.4 Å². The highest BCUT2D eigenvalue weighted by Crippen LogP contribution is 2.28. The van der Waals surface area contributed by atoms with Gasteiger partial charge >= 0.3 is 5.97 Å². The van der Waals surface area contributed by atoms with Gasteiger partial charge < -0.3 is 9.47 Å². The Morgan fingerprint density at radius 1 is 1.22 bits per heavy atom. The fraction of sp³-hybridized carbons (Fsp3) is 0.682. The van der Waals surface area contributed by atoms with Crippen LogP contribution in [0.2, 0.25) is 0 Å². The number of morpholine rings is 1. The average molecular weight is 375 g/mol. The number of carbonyl (C=O) groups is 1. The lowest BCUT2D eigenvalue weighted by atomic mass is 9.86. The minimum atomic E-state index is -0.0952. The number of nitrogens with zero attached hydrogens (tertiary/aromatic N) is 2. The fourth-order valence-corrected chi connectivity index (χ4v) is 4.58. The van der Waals surface area contributed by atoms with Crippen LogP contribution in [0.3, 0.4) is 0 Å². The standard InChI is InChI=1S/C22H34N2O3/c1-17-4-5-19(18(2)14-17)15-23-9-8-21(24-10-12-27-13-11-24)20(16-23)6-7-22(25)26-3/h4-5,14,20-21H,6-13,15-16H2,1-3H3/t20-,21+/m0/s1. The first kappa shape index (κ1) is 20.3. The molecule has 0 radical (unpaired) electrons. The summed E-state index contributed by atoms with van der Waals surface area (Å²) in [6.07, 6.45) is 2.58. The summed E-state index contributed by atoms with van der Waals surface area (Å²) in [5.41, 5.74) is 4.10. The first-order chi connectivity index (χ1) is 13.1. The van der Waals surface area contributed by atoms with Crippen LogP contribution in [0.15, 0.2) is 18.2 Å². The molecule has 5 nitrogen and oxygen atoms in total. The number of rotatable bonds is 6. The van der Waals surface area contributed by atoms with E-state index in [1.807, 2.05) is 0 Å². The molecule has 150 valence electrons. The van der Waals surface area contributed by atoms with Gasteiger partial charge in [0, 0.05) is 38.6 Å². The van der Waals surface area contributed by atoms with Crippen LogP contribution in [0.1, 0.15) is 36.0 Å². The van der Waals surface area contributed by atoms with Gasteiger partial charge in [0.2, 0.25) is 0 Å². The van der Waals surface area contributed by atoms with Crippen LogP contribution in [0, 0.1) is 19.8 Å². The van der Waals surface area contributed by atoms with Gasteiger partial charge in [-0.3, -0.25) is 14.6 Å². The molecule has 0 amide bonds. The molecule has 3 rings (SSSR count). The second-order valence-corrected chi connectivity index (χ2v) is 8.04. The summed E-state index contributed by atoms with van der Waals surface area (Å²) in [7, 11) is 1.48. The Kier molecular flexibility index (Phi) is 7.27. The minimum absolute atomic E-state index is 0.0952. The zero-order valence-corrected chi connectivity index (χ0v) is 17.1. The molecule has 2 aliphatic heterocycles. The van der Waals surface area contributed by atoms with Crippen LogP contribution < -0.4 is 0 Å². The Labute approximate surface area is 163 Å². The van der Waals surface area contributed by atoms with E-state index in [1.54, 1.807) is 0 Å². The summed E-state index contributed by atoms with van der Waals surface area (Å²) >= 11 is 0. The zero-order valence-electron chi connectivity index (χ0n) is 17.1. The third kappa shape index (κ3) is 5.53. The maximum Gasteiger partial charge on any atom is 0.305 e. The number of ether oxygens (including phenoxy) is 2. The smallest absolute Gasteiger partial charge is 0.305 e. The summed E-state index contributed by atoms with van der Waals surface area (Å²) in [5, 5.41) is 0. The molecule has 0 spiro atoms. The highest BCUT2D eigenvalue weighted by atomic mass is 16.5. The number of methoxy groups -OCH3 is 1. The van der Waals surface area contributed by atoms with Crippen LogP contribution in [-0.2, 0) is 20.8 Å². The Hall–Kier alpha value is -1.43. The van der Waals surface area contributed by atoms with Crippen LogP contribution in [0.4, 0.5) is 0 Å². The van der Waals surface area contributed by atoms with Crippen molar-refractivity contribution in [2.45, 2.75) is 45.7 Å². The molecular formula is C22H34N2O3. The third-order valence-electron chi connectivity index (χ3n) is 6.13. The van der Waals surface area contributed by atoms with E-state index in [9.17, 15) is 4.79 Å². The lowest BCUT2D eigenvalue weighted by Crippen LogP contribution is -2.53. The number of piperidine rings is 1. The van der Waals surface area contributed by atoms with Gasteiger partial charge in [0.1, 0.15) is 0 Å². The number of hydrogen-bond acceptors (Lipinski definition) is 5. The highest BCUT2D eigenvalue weighted by Gasteiger charge is 2.34. The molecule has 0 unspecified atom stereocenters. The van der Waals surface area contributed by atoms with Crippen molar-refractivity contribution >= 4 is 5.97 Å². The Balaban J connectivity index is 1.65. The van der Waals surface area contributed by atoms with Crippen molar-refractivity contribution in [2.75, 3.05) is 46.5 Å². The van der Waals surface area contributed by atoms with E-state index >= 15 is 0 Å². The third-order valence-corrected chi connectivity index (χ3v) is 6.13. The van der Waals surface area contributed by atoms with Gasteiger partial charge in [-0.25, -0.2) is 0 Å². The van der Waals surface area contributed by atoms with Crippen molar-refractivity contribution < 1.29 is 14.3 Å². The van der Waals surface area contributed by atoms with Gasteiger partial charge in [-0.1, -0.05) is 23.8 Å². The quantitative estimate of drug-likeness (QED) is 0.716. The molecular weight excluding hydrogens is 340 g/mol. The number of benzene rings is 1. The molecule has 0 aliphatic carbocycles. The predicted molar refractivity (Wildman–Crippen MR) is 107 cm³/mol. The van der Waals surface area contributed by atoms with Crippen molar-refractivity contribution in [2.24, 2.45) is 5.92 Å². The molecule has 0 N–H and O–H groups in total. The zero-order chi connectivity index (χ0) is 19.2. The Bertz CT molecular complexity index is 628. The normalized spacial score (nSPS) is 24.7. The number of aryl methyl sites for hydroxylation is 2. The van der Waals surface area contributed by atoms with Gasteiger partial charge in [0.05, 0.1) is 20.3 Å². The van der Waals surface area contributed by atoms with Crippen LogP contribution in [-0.4, -0.2) is 68.3 Å². The van der Waals surface area contributed by atoms with E-state index in [-0.39, 0.29) is 5.97 Å². The monoisotopic (exact) mass is 374 g/mol. The number of esters is 1. The van der Waals surface area contributed by atoms with Crippen LogP contribution in [0.25, 0.3) is 0 Å². The van der Waals surface area contributed by atoms with Crippen molar-refractivity contribution in [1.82, 2.24) is 9.80 Å². The van der Waals surface area contributed by atoms with E-state index in [4.69, 9.17) is 9.47 Å². The molecule has 0 aromatic heterocycles. The highest BCUT2D eigenvalue weighted by molar-refractivity contribution is 5.69. The SMILES string of the molecule is COC(=O)CC[C@H]1CN(Cc2ccc(C)cc2C)CC[C@H]1N1CCOCC1. The lowest BCUT2D eigenvalue weighted by Gasteiger charge is -2.45. The maximum absolute atomic E-state index is 11.7. The molecule has 1 aromatic carbocycles. The molecule has 0 saturated carbocycles. The molecule has 2 saturated heterocycles. The number of hydrogen-bond donors (Lipinski definition) is 0. The summed E-state index contributed by atoms with van der Waals surface area (Å²) in [6, 6.07) is 7.29. The topological polar surface area (TPSA) is 42.0 Å². The fourth-order valence-electron chi connectivity index (χ4n) is 4.58. The van der Waals surface area contributed by atoms with Crippen molar-refractivity contribution in [3.63, 3.8) is 0 Å². The maximum atomic E-state index is 11.7. The Morgan fingerprint density at radius 2 is 2.00 bits per heavy atom.